The van der Waals surface area contributed by atoms with E-state index in [0.29, 0.717) is 42.5 Å². The van der Waals surface area contributed by atoms with E-state index in [4.69, 9.17) is 20.9 Å². The Morgan fingerprint density at radius 1 is 1.33 bits per heavy atom. The molecule has 1 aromatic carbocycles. The van der Waals surface area contributed by atoms with E-state index in [2.05, 4.69) is 15.5 Å². The fraction of sp³-hybridized carbons (Fsp3) is 0.471. The Morgan fingerprint density at radius 3 is 2.92 bits per heavy atom. The molecule has 1 fully saturated rings. The second-order valence-electron chi connectivity index (χ2n) is 5.81. The molecule has 3 rings (SSSR count). The van der Waals surface area contributed by atoms with E-state index in [1.54, 1.807) is 12.1 Å². The highest BCUT2D eigenvalue weighted by Gasteiger charge is 2.16. The maximum Gasteiger partial charge on any atom is 0.226 e. The van der Waals surface area contributed by atoms with Crippen molar-refractivity contribution in [3.8, 4) is 11.4 Å². The molecule has 1 N–H and O–H groups in total. The van der Waals surface area contributed by atoms with Gasteiger partial charge in [-0.3, -0.25) is 4.79 Å². The number of carbonyl (C=O) groups is 1. The van der Waals surface area contributed by atoms with Crippen LogP contribution in [0.4, 0.5) is 0 Å². The fourth-order valence-corrected chi connectivity index (χ4v) is 2.72. The van der Waals surface area contributed by atoms with Gasteiger partial charge in [-0.2, -0.15) is 4.98 Å². The minimum atomic E-state index is 0.0305. The van der Waals surface area contributed by atoms with Gasteiger partial charge in [0.2, 0.25) is 17.6 Å². The molecule has 0 radical (unpaired) electrons. The number of hydrogen-bond donors (Lipinski definition) is 1. The third-order valence-corrected chi connectivity index (χ3v) is 4.17. The van der Waals surface area contributed by atoms with Crippen LogP contribution in [0.15, 0.2) is 28.8 Å². The molecule has 0 aliphatic carbocycles. The molecule has 1 aliphatic rings. The van der Waals surface area contributed by atoms with Gasteiger partial charge < -0.3 is 14.6 Å². The van der Waals surface area contributed by atoms with Crippen molar-refractivity contribution in [2.24, 2.45) is 0 Å². The molecule has 1 saturated heterocycles. The molecule has 0 unspecified atom stereocenters. The second kappa shape index (κ2) is 8.26. The zero-order valence-corrected chi connectivity index (χ0v) is 14.1. The lowest BCUT2D eigenvalue weighted by Crippen LogP contribution is -2.31. The van der Waals surface area contributed by atoms with Crippen molar-refractivity contribution >= 4 is 17.5 Å². The van der Waals surface area contributed by atoms with Gasteiger partial charge in [0.05, 0.1) is 6.10 Å². The van der Waals surface area contributed by atoms with Crippen LogP contribution in [-0.4, -0.2) is 35.3 Å². The molecule has 1 atom stereocenters. The minimum Gasteiger partial charge on any atom is -0.376 e. The maximum absolute atomic E-state index is 11.8. The summed E-state index contributed by atoms with van der Waals surface area (Å²) in [6, 6.07) is 7.25. The zero-order valence-electron chi connectivity index (χ0n) is 13.3. The SMILES string of the molecule is O=C(CCCc1nc(-c2ccc(Cl)cc2)no1)NC[C@@H]1CCCO1. The molecule has 1 amide bonds. The summed E-state index contributed by atoms with van der Waals surface area (Å²) in [4.78, 5) is 16.1. The molecule has 1 aliphatic heterocycles. The highest BCUT2D eigenvalue weighted by Crippen LogP contribution is 2.19. The van der Waals surface area contributed by atoms with Gasteiger partial charge in [0.15, 0.2) is 0 Å². The van der Waals surface area contributed by atoms with Crippen LogP contribution in [0.5, 0.6) is 0 Å². The Labute approximate surface area is 145 Å². The molecule has 24 heavy (non-hydrogen) atoms. The Hall–Kier alpha value is -1.92. The molecule has 1 aromatic heterocycles. The molecule has 6 nitrogen and oxygen atoms in total. The molecule has 2 aromatic rings. The number of aromatic nitrogens is 2. The summed E-state index contributed by atoms with van der Waals surface area (Å²) >= 11 is 5.86. The number of amides is 1. The smallest absolute Gasteiger partial charge is 0.226 e. The van der Waals surface area contributed by atoms with Crippen molar-refractivity contribution < 1.29 is 14.1 Å². The number of nitrogens with zero attached hydrogens (tertiary/aromatic N) is 2. The summed E-state index contributed by atoms with van der Waals surface area (Å²) < 4.78 is 10.7. The van der Waals surface area contributed by atoms with Crippen molar-refractivity contribution in [1.29, 1.82) is 0 Å². The Bertz CT molecular complexity index is 666. The predicted octanol–water partition coefficient (Wildman–Crippen LogP) is 3.01. The maximum atomic E-state index is 11.8. The van der Waals surface area contributed by atoms with Gasteiger partial charge in [0.25, 0.3) is 0 Å². The number of rotatable bonds is 7. The number of benzene rings is 1. The zero-order chi connectivity index (χ0) is 16.8. The van der Waals surface area contributed by atoms with E-state index in [1.807, 2.05) is 12.1 Å². The monoisotopic (exact) mass is 349 g/mol. The first kappa shape index (κ1) is 16.9. The Balaban J connectivity index is 1.40. The molecular formula is C17H20ClN3O3. The molecule has 0 saturated carbocycles. The van der Waals surface area contributed by atoms with Gasteiger partial charge in [-0.15, -0.1) is 0 Å². The van der Waals surface area contributed by atoms with Gasteiger partial charge in [0, 0.05) is 36.6 Å². The van der Waals surface area contributed by atoms with Crippen LogP contribution in [0.2, 0.25) is 5.02 Å². The van der Waals surface area contributed by atoms with Gasteiger partial charge in [-0.1, -0.05) is 16.8 Å². The lowest BCUT2D eigenvalue weighted by atomic mass is 10.2. The van der Waals surface area contributed by atoms with Crippen LogP contribution < -0.4 is 5.32 Å². The van der Waals surface area contributed by atoms with Crippen LogP contribution in [0.25, 0.3) is 11.4 Å². The fourth-order valence-electron chi connectivity index (χ4n) is 2.59. The van der Waals surface area contributed by atoms with Crippen molar-refractivity contribution in [3.63, 3.8) is 0 Å². The number of hydrogen-bond acceptors (Lipinski definition) is 5. The van der Waals surface area contributed by atoms with E-state index < -0.39 is 0 Å². The van der Waals surface area contributed by atoms with Gasteiger partial charge in [-0.05, 0) is 43.5 Å². The largest absolute Gasteiger partial charge is 0.376 e. The van der Waals surface area contributed by atoms with Crippen LogP contribution in [0.1, 0.15) is 31.6 Å². The quantitative estimate of drug-likeness (QED) is 0.831. The lowest BCUT2D eigenvalue weighted by molar-refractivity contribution is -0.121. The summed E-state index contributed by atoms with van der Waals surface area (Å²) in [6.07, 6.45) is 3.95. The first-order valence-electron chi connectivity index (χ1n) is 8.17. The molecule has 2 heterocycles. The third-order valence-electron chi connectivity index (χ3n) is 3.92. The number of aryl methyl sites for hydroxylation is 1. The van der Waals surface area contributed by atoms with Gasteiger partial charge in [0.1, 0.15) is 0 Å². The van der Waals surface area contributed by atoms with Gasteiger partial charge >= 0.3 is 0 Å². The summed E-state index contributed by atoms with van der Waals surface area (Å²) in [5.41, 5.74) is 0.851. The van der Waals surface area contributed by atoms with Crippen LogP contribution >= 0.6 is 11.6 Å². The van der Waals surface area contributed by atoms with E-state index in [0.717, 1.165) is 25.0 Å². The summed E-state index contributed by atoms with van der Waals surface area (Å²) in [7, 11) is 0. The second-order valence-corrected chi connectivity index (χ2v) is 6.25. The number of nitrogens with one attached hydrogen (secondary N) is 1. The molecular weight excluding hydrogens is 330 g/mol. The summed E-state index contributed by atoms with van der Waals surface area (Å²) in [5.74, 6) is 1.10. The summed E-state index contributed by atoms with van der Waals surface area (Å²) in [5, 5.41) is 7.52. The lowest BCUT2D eigenvalue weighted by Gasteiger charge is -2.10. The number of halogens is 1. The number of carbonyl (C=O) groups excluding carboxylic acids is 1. The summed E-state index contributed by atoms with van der Waals surface area (Å²) in [6.45, 7) is 1.40. The Morgan fingerprint density at radius 2 is 2.17 bits per heavy atom. The molecule has 0 bridgehead atoms. The standard InChI is InChI=1S/C17H20ClN3O3/c18-13-8-6-12(7-9-13)17-20-16(24-21-17)5-1-4-15(22)19-11-14-3-2-10-23-14/h6-9,14H,1-5,10-11H2,(H,19,22)/t14-/m0/s1. The van der Waals surface area contributed by atoms with Crippen molar-refractivity contribution in [2.45, 2.75) is 38.2 Å². The van der Waals surface area contributed by atoms with Crippen LogP contribution in [0, 0.1) is 0 Å². The average Bonchev–Trinajstić information content (AvgIpc) is 3.25. The van der Waals surface area contributed by atoms with Crippen molar-refractivity contribution in [3.05, 3.63) is 35.2 Å². The predicted molar refractivity (Wildman–Crippen MR) is 89.7 cm³/mol. The average molecular weight is 350 g/mol. The third kappa shape index (κ3) is 4.79. The Kier molecular flexibility index (Phi) is 5.82. The highest BCUT2D eigenvalue weighted by molar-refractivity contribution is 6.30. The topological polar surface area (TPSA) is 77.2 Å². The minimum absolute atomic E-state index is 0.0305. The highest BCUT2D eigenvalue weighted by atomic mass is 35.5. The first-order chi connectivity index (χ1) is 11.7. The van der Waals surface area contributed by atoms with E-state index in [1.165, 1.54) is 0 Å². The number of ether oxygens (including phenoxy) is 1. The van der Waals surface area contributed by atoms with Crippen molar-refractivity contribution in [1.82, 2.24) is 15.5 Å². The first-order valence-corrected chi connectivity index (χ1v) is 8.55. The van der Waals surface area contributed by atoms with E-state index >= 15 is 0 Å². The van der Waals surface area contributed by atoms with Crippen LogP contribution in [0.3, 0.4) is 0 Å². The van der Waals surface area contributed by atoms with Gasteiger partial charge in [-0.25, -0.2) is 0 Å². The molecule has 0 spiro atoms. The van der Waals surface area contributed by atoms with Crippen LogP contribution in [-0.2, 0) is 16.0 Å². The normalized spacial score (nSPS) is 17.1. The van der Waals surface area contributed by atoms with E-state index in [-0.39, 0.29) is 12.0 Å². The van der Waals surface area contributed by atoms with Crippen molar-refractivity contribution in [2.75, 3.05) is 13.2 Å². The molecule has 7 heteroatoms. The molecule has 128 valence electrons. The van der Waals surface area contributed by atoms with E-state index in [9.17, 15) is 4.79 Å².